The highest BCUT2D eigenvalue weighted by atomic mass is 32.2. The first-order valence-electron chi connectivity index (χ1n) is 9.17. The van der Waals surface area contributed by atoms with E-state index in [0.717, 1.165) is 18.4 Å². The topological polar surface area (TPSA) is 105 Å². The molecule has 2 aromatic rings. The Labute approximate surface area is 164 Å². The molecule has 0 aliphatic carbocycles. The Hall–Kier alpha value is -2.42. The quantitative estimate of drug-likeness (QED) is 0.625. The van der Waals surface area contributed by atoms with Crippen molar-refractivity contribution in [2.75, 3.05) is 18.5 Å². The van der Waals surface area contributed by atoms with Gasteiger partial charge in [0.15, 0.2) is 0 Å². The molecule has 3 N–H and O–H groups in total. The fourth-order valence-electron chi connectivity index (χ4n) is 3.14. The van der Waals surface area contributed by atoms with Crippen LogP contribution in [0.25, 0.3) is 0 Å². The summed E-state index contributed by atoms with van der Waals surface area (Å²) < 4.78 is 33.8. The number of carboxylic acid groups (broad SMARTS) is 1. The Morgan fingerprint density at radius 2 is 2.00 bits per heavy atom. The highest BCUT2D eigenvalue weighted by Crippen LogP contribution is 2.27. The van der Waals surface area contributed by atoms with Crippen LogP contribution in [0.5, 0.6) is 0 Å². The lowest BCUT2D eigenvalue weighted by molar-refractivity contribution is 0.0696. The van der Waals surface area contributed by atoms with E-state index in [1.165, 1.54) is 18.2 Å². The molecule has 0 radical (unpaired) electrons. The maximum absolute atomic E-state index is 12.9. The minimum Gasteiger partial charge on any atom is -0.478 e. The van der Waals surface area contributed by atoms with Crippen LogP contribution in [-0.4, -0.2) is 38.7 Å². The molecule has 1 aliphatic heterocycles. The van der Waals surface area contributed by atoms with E-state index in [9.17, 15) is 18.3 Å². The first kappa shape index (κ1) is 20.3. The standard InChI is InChI=1S/C20H24N2O5S/c1-14(15-6-3-2-4-7-15)22-18-10-9-16(20(23)24)12-19(18)28(25,26)21-13-17-8-5-11-27-17/h2-4,6-7,9-10,12,14,17,21-22H,5,8,11,13H2,1H3,(H,23,24)/t14-,17-/m0/s1. The molecule has 1 saturated heterocycles. The van der Waals surface area contributed by atoms with Gasteiger partial charge in [-0.3, -0.25) is 0 Å². The normalized spacial score (nSPS) is 18.0. The summed E-state index contributed by atoms with van der Waals surface area (Å²) in [6, 6.07) is 13.5. The van der Waals surface area contributed by atoms with Crippen LogP contribution in [0.4, 0.5) is 5.69 Å². The van der Waals surface area contributed by atoms with Crippen LogP contribution in [0.3, 0.4) is 0 Å². The summed E-state index contributed by atoms with van der Waals surface area (Å²) in [7, 11) is -3.92. The van der Waals surface area contributed by atoms with E-state index >= 15 is 0 Å². The number of sulfonamides is 1. The molecular weight excluding hydrogens is 380 g/mol. The van der Waals surface area contributed by atoms with E-state index in [4.69, 9.17) is 4.74 Å². The van der Waals surface area contributed by atoms with Crippen LogP contribution >= 0.6 is 0 Å². The number of aromatic carboxylic acids is 1. The fraction of sp³-hybridized carbons (Fsp3) is 0.350. The van der Waals surface area contributed by atoms with Gasteiger partial charge in [0.25, 0.3) is 0 Å². The number of carbonyl (C=O) groups is 1. The Morgan fingerprint density at radius 3 is 2.64 bits per heavy atom. The summed E-state index contributed by atoms with van der Waals surface area (Å²) in [6.07, 6.45) is 1.55. The molecule has 0 unspecified atom stereocenters. The average molecular weight is 404 g/mol. The lowest BCUT2D eigenvalue weighted by atomic mass is 10.1. The van der Waals surface area contributed by atoms with E-state index in [0.29, 0.717) is 12.3 Å². The number of anilines is 1. The minimum absolute atomic E-state index is 0.0876. The van der Waals surface area contributed by atoms with Gasteiger partial charge < -0.3 is 15.2 Å². The van der Waals surface area contributed by atoms with Crippen LogP contribution < -0.4 is 10.0 Å². The van der Waals surface area contributed by atoms with Crippen molar-refractivity contribution >= 4 is 21.7 Å². The predicted molar refractivity (Wildman–Crippen MR) is 106 cm³/mol. The maximum Gasteiger partial charge on any atom is 0.335 e. The third kappa shape index (κ3) is 4.89. The Bertz CT molecular complexity index is 925. The van der Waals surface area contributed by atoms with Gasteiger partial charge in [0, 0.05) is 19.2 Å². The molecule has 7 nitrogen and oxygen atoms in total. The van der Waals surface area contributed by atoms with Crippen molar-refractivity contribution in [2.45, 2.75) is 36.8 Å². The second-order valence-electron chi connectivity index (χ2n) is 6.78. The lowest BCUT2D eigenvalue weighted by Gasteiger charge is -2.20. The molecule has 28 heavy (non-hydrogen) atoms. The van der Waals surface area contributed by atoms with Gasteiger partial charge in [-0.15, -0.1) is 0 Å². The highest BCUT2D eigenvalue weighted by Gasteiger charge is 2.24. The molecule has 0 aromatic heterocycles. The maximum atomic E-state index is 12.9. The van der Waals surface area contributed by atoms with E-state index in [-0.39, 0.29) is 29.1 Å². The number of rotatable bonds is 8. The molecule has 150 valence electrons. The minimum atomic E-state index is -3.92. The summed E-state index contributed by atoms with van der Waals surface area (Å²) in [6.45, 7) is 2.70. The molecular formula is C20H24N2O5S. The molecule has 2 aromatic carbocycles. The van der Waals surface area contributed by atoms with Crippen LogP contribution in [0.2, 0.25) is 0 Å². The van der Waals surface area contributed by atoms with E-state index in [1.54, 1.807) is 0 Å². The zero-order valence-electron chi connectivity index (χ0n) is 15.6. The van der Waals surface area contributed by atoms with Crippen molar-refractivity contribution in [3.63, 3.8) is 0 Å². The first-order valence-corrected chi connectivity index (χ1v) is 10.7. The summed E-state index contributed by atoms with van der Waals surface area (Å²) in [5.41, 5.74) is 1.25. The predicted octanol–water partition coefficient (Wildman–Crippen LogP) is 3.02. The van der Waals surface area contributed by atoms with Gasteiger partial charge in [0.1, 0.15) is 4.90 Å². The fourth-order valence-corrected chi connectivity index (χ4v) is 4.40. The number of carboxylic acids is 1. The second kappa shape index (κ2) is 8.72. The van der Waals surface area contributed by atoms with E-state index < -0.39 is 16.0 Å². The molecule has 0 saturated carbocycles. The lowest BCUT2D eigenvalue weighted by Crippen LogP contribution is -2.32. The van der Waals surface area contributed by atoms with E-state index in [2.05, 4.69) is 10.0 Å². The van der Waals surface area contributed by atoms with Gasteiger partial charge >= 0.3 is 5.97 Å². The van der Waals surface area contributed by atoms with Crippen molar-refractivity contribution in [2.24, 2.45) is 0 Å². The summed E-state index contributed by atoms with van der Waals surface area (Å²) in [4.78, 5) is 11.3. The van der Waals surface area contributed by atoms with Crippen LogP contribution in [0.15, 0.2) is 53.4 Å². The zero-order valence-corrected chi connectivity index (χ0v) is 16.4. The summed E-state index contributed by atoms with van der Waals surface area (Å²) in [5.74, 6) is -1.18. The summed E-state index contributed by atoms with van der Waals surface area (Å²) >= 11 is 0. The van der Waals surface area contributed by atoms with Crippen molar-refractivity contribution in [1.29, 1.82) is 0 Å². The largest absolute Gasteiger partial charge is 0.478 e. The molecule has 1 heterocycles. The van der Waals surface area contributed by atoms with Gasteiger partial charge in [-0.2, -0.15) is 0 Å². The average Bonchev–Trinajstić information content (AvgIpc) is 3.21. The van der Waals surface area contributed by atoms with Gasteiger partial charge in [-0.1, -0.05) is 30.3 Å². The Morgan fingerprint density at radius 1 is 1.25 bits per heavy atom. The Balaban J connectivity index is 1.88. The Kier molecular flexibility index (Phi) is 6.33. The molecule has 1 fully saturated rings. The third-order valence-corrected chi connectivity index (χ3v) is 6.18. The van der Waals surface area contributed by atoms with Crippen molar-refractivity contribution in [1.82, 2.24) is 4.72 Å². The number of hydrogen-bond donors (Lipinski definition) is 3. The van der Waals surface area contributed by atoms with Crippen molar-refractivity contribution in [3.05, 3.63) is 59.7 Å². The van der Waals surface area contributed by atoms with Gasteiger partial charge in [0.2, 0.25) is 10.0 Å². The number of nitrogens with one attached hydrogen (secondary N) is 2. The molecule has 0 spiro atoms. The molecule has 1 aliphatic rings. The molecule has 8 heteroatoms. The van der Waals surface area contributed by atoms with Crippen LogP contribution in [0.1, 0.15) is 41.7 Å². The second-order valence-corrected chi connectivity index (χ2v) is 8.52. The molecule has 0 bridgehead atoms. The monoisotopic (exact) mass is 404 g/mol. The smallest absolute Gasteiger partial charge is 0.335 e. The van der Waals surface area contributed by atoms with Crippen molar-refractivity contribution < 1.29 is 23.1 Å². The first-order chi connectivity index (χ1) is 13.4. The van der Waals surface area contributed by atoms with Gasteiger partial charge in [-0.25, -0.2) is 17.9 Å². The van der Waals surface area contributed by atoms with Crippen molar-refractivity contribution in [3.8, 4) is 0 Å². The SMILES string of the molecule is C[C@H](Nc1ccc(C(=O)O)cc1S(=O)(=O)NC[C@@H]1CCCO1)c1ccccc1. The van der Waals surface area contributed by atoms with Crippen LogP contribution in [0, 0.1) is 0 Å². The highest BCUT2D eigenvalue weighted by molar-refractivity contribution is 7.89. The zero-order chi connectivity index (χ0) is 20.1. The van der Waals surface area contributed by atoms with Gasteiger partial charge in [0.05, 0.1) is 17.4 Å². The molecule has 0 amide bonds. The number of ether oxygens (including phenoxy) is 1. The number of benzene rings is 2. The summed E-state index contributed by atoms with van der Waals surface area (Å²) in [5, 5.41) is 12.5. The molecule has 3 rings (SSSR count). The van der Waals surface area contributed by atoms with Gasteiger partial charge in [-0.05, 0) is 43.5 Å². The molecule has 2 atom stereocenters. The number of hydrogen-bond acceptors (Lipinski definition) is 5. The third-order valence-electron chi connectivity index (χ3n) is 4.71. The van der Waals surface area contributed by atoms with E-state index in [1.807, 2.05) is 37.3 Å². The van der Waals surface area contributed by atoms with Crippen LogP contribution in [-0.2, 0) is 14.8 Å².